The van der Waals surface area contributed by atoms with Crippen LogP contribution in [0.15, 0.2) is 109 Å². The Morgan fingerprint density at radius 1 is 0.371 bits per heavy atom. The molecule has 352 valence electrons. The van der Waals surface area contributed by atoms with Gasteiger partial charge in [-0.05, 0) is 116 Å². The van der Waals surface area contributed by atoms with Crippen LogP contribution in [0.2, 0.25) is 0 Å². The third-order valence-electron chi connectivity index (χ3n) is 10.2. The van der Waals surface area contributed by atoms with Crippen molar-refractivity contribution in [3.63, 3.8) is 0 Å². The lowest BCUT2D eigenvalue weighted by Gasteiger charge is -2.18. The van der Waals surface area contributed by atoms with Crippen LogP contribution >= 0.6 is 0 Å². The van der Waals surface area contributed by atoms with Crippen LogP contribution in [0.1, 0.15) is 213 Å². The van der Waals surface area contributed by atoms with Crippen molar-refractivity contribution in [2.24, 2.45) is 0 Å². The lowest BCUT2D eigenvalue weighted by atomic mass is 10.1. The molecule has 0 rings (SSSR count). The van der Waals surface area contributed by atoms with Crippen LogP contribution in [0.5, 0.6) is 0 Å². The topological polar surface area (TPSA) is 61.8 Å². The van der Waals surface area contributed by atoms with Gasteiger partial charge in [0, 0.05) is 19.4 Å². The summed E-state index contributed by atoms with van der Waals surface area (Å²) in [5, 5.41) is 0. The largest absolute Gasteiger partial charge is 0.462 e. The van der Waals surface area contributed by atoms with Crippen molar-refractivity contribution >= 4 is 11.9 Å². The molecule has 0 radical (unpaired) electrons. The first kappa shape index (κ1) is 58.6. The lowest BCUT2D eigenvalue weighted by molar-refractivity contribution is -0.163. The Bertz CT molecular complexity index is 1250. The maximum atomic E-state index is 12.8. The van der Waals surface area contributed by atoms with E-state index in [2.05, 4.69) is 130 Å². The number of carbonyl (C=O) groups excluding carboxylic acids is 2. The zero-order chi connectivity index (χ0) is 44.9. The molecule has 0 aliphatic rings. The fourth-order valence-electron chi connectivity index (χ4n) is 6.50. The van der Waals surface area contributed by atoms with Gasteiger partial charge in [-0.1, -0.05) is 194 Å². The molecule has 0 fully saturated rings. The van der Waals surface area contributed by atoms with Crippen molar-refractivity contribution in [2.75, 3.05) is 19.8 Å². The highest BCUT2D eigenvalue weighted by atomic mass is 16.6. The number of allylic oxidation sites excluding steroid dienone is 18. The first-order valence-electron chi connectivity index (χ1n) is 25.4. The quantitative estimate of drug-likeness (QED) is 0.0347. The van der Waals surface area contributed by atoms with Gasteiger partial charge in [0.1, 0.15) is 6.61 Å². The molecule has 0 spiro atoms. The van der Waals surface area contributed by atoms with E-state index in [-0.39, 0.29) is 25.2 Å². The molecule has 0 N–H and O–H groups in total. The standard InChI is InChI=1S/C57H94O5/c1-4-7-10-13-16-19-22-25-27-28-29-30-31-33-35-38-41-44-47-50-56(58)61-54-55(53-60-52-49-46-43-40-37-34-26-23-20-17-14-11-8-5-2)62-57(59)51-48-45-42-39-36-32-24-21-18-15-12-9-6-3/h8,11-12,15-17,19-21,24-27,29-30,34,40,43,55H,4-7,9-10,13-14,18,22-23,28,31-33,35-39,41-42,44-54H2,1-3H3/b11-8-,15-12-,19-16-,20-17-,24-21-,27-25-,30-29-,34-26-,43-40-. The first-order chi connectivity index (χ1) is 30.6. The summed E-state index contributed by atoms with van der Waals surface area (Å²) >= 11 is 0. The van der Waals surface area contributed by atoms with E-state index in [0.717, 1.165) is 116 Å². The summed E-state index contributed by atoms with van der Waals surface area (Å²) in [6, 6.07) is 0. The molecule has 0 aliphatic heterocycles. The Morgan fingerprint density at radius 2 is 0.758 bits per heavy atom. The average molecular weight is 859 g/mol. The zero-order valence-corrected chi connectivity index (χ0v) is 40.3. The molecule has 0 aromatic carbocycles. The molecule has 0 aliphatic carbocycles. The highest BCUT2D eigenvalue weighted by Crippen LogP contribution is 2.12. The Kier molecular flexibility index (Phi) is 49.0. The fourth-order valence-corrected chi connectivity index (χ4v) is 6.50. The van der Waals surface area contributed by atoms with E-state index in [0.29, 0.717) is 19.4 Å². The van der Waals surface area contributed by atoms with Crippen LogP contribution < -0.4 is 0 Å². The Hall–Kier alpha value is -3.44. The molecular weight excluding hydrogens is 765 g/mol. The minimum absolute atomic E-state index is 0.0445. The Labute approximate surface area is 383 Å². The number of ether oxygens (including phenoxy) is 3. The number of carbonyl (C=O) groups is 2. The third kappa shape index (κ3) is 49.2. The minimum Gasteiger partial charge on any atom is -0.462 e. The van der Waals surface area contributed by atoms with E-state index in [4.69, 9.17) is 14.2 Å². The highest BCUT2D eigenvalue weighted by molar-refractivity contribution is 5.70. The third-order valence-corrected chi connectivity index (χ3v) is 10.2. The van der Waals surface area contributed by atoms with Crippen molar-refractivity contribution in [1.82, 2.24) is 0 Å². The number of esters is 2. The highest BCUT2D eigenvalue weighted by Gasteiger charge is 2.17. The summed E-state index contributed by atoms with van der Waals surface area (Å²) in [5.41, 5.74) is 0. The number of hydrogen-bond donors (Lipinski definition) is 0. The summed E-state index contributed by atoms with van der Waals surface area (Å²) in [6.07, 6.45) is 71.0. The molecule has 0 saturated heterocycles. The Morgan fingerprint density at radius 3 is 1.23 bits per heavy atom. The van der Waals surface area contributed by atoms with E-state index in [1.54, 1.807) is 0 Å². The maximum absolute atomic E-state index is 12.8. The summed E-state index contributed by atoms with van der Waals surface area (Å²) in [4.78, 5) is 25.4. The summed E-state index contributed by atoms with van der Waals surface area (Å²) in [6.45, 7) is 7.44. The normalized spacial score (nSPS) is 13.1. The summed E-state index contributed by atoms with van der Waals surface area (Å²) < 4.78 is 17.3. The number of hydrogen-bond acceptors (Lipinski definition) is 5. The van der Waals surface area contributed by atoms with E-state index in [1.807, 2.05) is 0 Å². The predicted octanol–water partition coefficient (Wildman–Crippen LogP) is 17.2. The van der Waals surface area contributed by atoms with Crippen LogP contribution in [0.4, 0.5) is 0 Å². The molecule has 0 heterocycles. The Balaban J connectivity index is 4.38. The van der Waals surface area contributed by atoms with Gasteiger partial charge < -0.3 is 14.2 Å². The van der Waals surface area contributed by atoms with Crippen LogP contribution in [0, 0.1) is 0 Å². The van der Waals surface area contributed by atoms with Crippen LogP contribution in [-0.2, 0) is 23.8 Å². The SMILES string of the molecule is CC/C=C\C/C=C\C/C=C\C/C=C\CCCOCC(COC(=O)CCCCCCCC/C=C\C/C=C\C/C=C\CCCCC)OC(=O)CCCCCCC/C=C\C/C=C\CCC. The van der Waals surface area contributed by atoms with E-state index < -0.39 is 6.10 Å². The molecule has 0 aromatic heterocycles. The predicted molar refractivity (Wildman–Crippen MR) is 269 cm³/mol. The smallest absolute Gasteiger partial charge is 0.306 e. The molecule has 0 amide bonds. The van der Waals surface area contributed by atoms with E-state index in [9.17, 15) is 9.59 Å². The first-order valence-corrected chi connectivity index (χ1v) is 25.4. The molecule has 0 saturated carbocycles. The second kappa shape index (κ2) is 51.9. The van der Waals surface area contributed by atoms with E-state index in [1.165, 1.54) is 64.2 Å². The fraction of sp³-hybridized carbons (Fsp3) is 0.649. The average Bonchev–Trinajstić information content (AvgIpc) is 3.27. The molecule has 0 bridgehead atoms. The number of unbranched alkanes of at least 4 members (excludes halogenated alkanes) is 16. The molecule has 0 aromatic rings. The zero-order valence-electron chi connectivity index (χ0n) is 40.3. The maximum Gasteiger partial charge on any atom is 0.306 e. The number of rotatable bonds is 45. The van der Waals surface area contributed by atoms with Crippen molar-refractivity contribution in [3.05, 3.63) is 109 Å². The van der Waals surface area contributed by atoms with Crippen LogP contribution in [0.25, 0.3) is 0 Å². The van der Waals surface area contributed by atoms with Gasteiger partial charge in [-0.15, -0.1) is 0 Å². The van der Waals surface area contributed by atoms with E-state index >= 15 is 0 Å². The van der Waals surface area contributed by atoms with Gasteiger partial charge in [-0.25, -0.2) is 0 Å². The van der Waals surface area contributed by atoms with Crippen molar-refractivity contribution in [1.29, 1.82) is 0 Å². The molecule has 1 atom stereocenters. The minimum atomic E-state index is -0.584. The monoisotopic (exact) mass is 859 g/mol. The van der Waals surface area contributed by atoms with Gasteiger partial charge in [0.05, 0.1) is 6.61 Å². The molecule has 5 nitrogen and oxygen atoms in total. The molecule has 1 unspecified atom stereocenters. The van der Waals surface area contributed by atoms with Gasteiger partial charge in [-0.2, -0.15) is 0 Å². The van der Waals surface area contributed by atoms with Gasteiger partial charge in [0.2, 0.25) is 0 Å². The second-order valence-electron chi connectivity index (χ2n) is 16.3. The van der Waals surface area contributed by atoms with Gasteiger partial charge in [0.15, 0.2) is 6.10 Å². The van der Waals surface area contributed by atoms with Gasteiger partial charge in [0.25, 0.3) is 0 Å². The molecule has 5 heteroatoms. The van der Waals surface area contributed by atoms with Crippen LogP contribution in [-0.4, -0.2) is 37.9 Å². The van der Waals surface area contributed by atoms with Crippen molar-refractivity contribution in [3.8, 4) is 0 Å². The van der Waals surface area contributed by atoms with Gasteiger partial charge >= 0.3 is 11.9 Å². The second-order valence-corrected chi connectivity index (χ2v) is 16.3. The van der Waals surface area contributed by atoms with Crippen molar-refractivity contribution < 1.29 is 23.8 Å². The van der Waals surface area contributed by atoms with Crippen molar-refractivity contribution in [2.45, 2.75) is 219 Å². The van der Waals surface area contributed by atoms with Gasteiger partial charge in [-0.3, -0.25) is 9.59 Å². The summed E-state index contributed by atoms with van der Waals surface area (Å²) in [7, 11) is 0. The molecule has 62 heavy (non-hydrogen) atoms. The lowest BCUT2D eigenvalue weighted by Crippen LogP contribution is -2.30. The molecular formula is C57H94O5. The van der Waals surface area contributed by atoms with Crippen LogP contribution in [0.3, 0.4) is 0 Å². The summed E-state index contributed by atoms with van der Waals surface area (Å²) in [5.74, 6) is -0.465.